The Morgan fingerprint density at radius 2 is 2.11 bits per heavy atom. The number of nitrogens with zero attached hydrogens (tertiary/aromatic N) is 1. The number of carboxylic acids is 1. The summed E-state index contributed by atoms with van der Waals surface area (Å²) in [6.07, 6.45) is 1.30. The van der Waals surface area contributed by atoms with Crippen LogP contribution in [0, 0.1) is 0 Å². The highest BCUT2D eigenvalue weighted by Crippen LogP contribution is 2.19. The standard InChI is InChI=1S/C9H17N3O5S/c10-18(16,17)5-3-11-9(15)12-4-1-2-7(12)6-8(13)14/h7H,1-6H2,(H,11,15)(H,13,14)(H2,10,16,17). The first-order valence-corrected chi connectivity index (χ1v) is 7.28. The van der Waals surface area contributed by atoms with Crippen LogP contribution >= 0.6 is 0 Å². The molecule has 1 heterocycles. The zero-order valence-electron chi connectivity index (χ0n) is 9.83. The molecule has 0 aromatic heterocycles. The number of urea groups is 1. The van der Waals surface area contributed by atoms with Gasteiger partial charge in [0.15, 0.2) is 0 Å². The monoisotopic (exact) mass is 279 g/mol. The molecule has 9 heteroatoms. The smallest absolute Gasteiger partial charge is 0.317 e. The third kappa shape index (κ3) is 4.88. The van der Waals surface area contributed by atoms with Gasteiger partial charge in [-0.2, -0.15) is 0 Å². The molecule has 0 aromatic rings. The van der Waals surface area contributed by atoms with E-state index in [1.807, 2.05) is 0 Å². The molecule has 18 heavy (non-hydrogen) atoms. The number of carboxylic acid groups (broad SMARTS) is 1. The Morgan fingerprint density at radius 1 is 1.44 bits per heavy atom. The number of aliphatic carboxylic acids is 1. The maximum absolute atomic E-state index is 11.7. The van der Waals surface area contributed by atoms with Gasteiger partial charge in [-0.25, -0.2) is 18.4 Å². The van der Waals surface area contributed by atoms with E-state index in [0.717, 1.165) is 6.42 Å². The van der Waals surface area contributed by atoms with Crippen molar-refractivity contribution >= 4 is 22.0 Å². The van der Waals surface area contributed by atoms with E-state index in [1.54, 1.807) is 0 Å². The number of carbonyl (C=O) groups is 2. The van der Waals surface area contributed by atoms with Gasteiger partial charge in [0.1, 0.15) is 0 Å². The molecule has 0 aliphatic carbocycles. The number of carbonyl (C=O) groups excluding carboxylic acids is 1. The van der Waals surface area contributed by atoms with Crippen molar-refractivity contribution in [2.24, 2.45) is 5.14 Å². The first kappa shape index (κ1) is 14.7. The van der Waals surface area contributed by atoms with Crippen LogP contribution in [0.5, 0.6) is 0 Å². The molecule has 0 saturated carbocycles. The molecule has 0 radical (unpaired) electrons. The molecule has 1 aliphatic heterocycles. The van der Waals surface area contributed by atoms with E-state index in [9.17, 15) is 18.0 Å². The molecule has 1 rings (SSSR count). The van der Waals surface area contributed by atoms with E-state index in [0.29, 0.717) is 13.0 Å². The largest absolute Gasteiger partial charge is 0.481 e. The molecule has 1 saturated heterocycles. The second-order valence-corrected chi connectivity index (χ2v) is 5.92. The number of amides is 2. The van der Waals surface area contributed by atoms with Gasteiger partial charge in [0.2, 0.25) is 10.0 Å². The quantitative estimate of drug-likeness (QED) is 0.589. The topological polar surface area (TPSA) is 130 Å². The lowest BCUT2D eigenvalue weighted by atomic mass is 10.1. The zero-order chi connectivity index (χ0) is 13.8. The molecule has 0 aromatic carbocycles. The van der Waals surface area contributed by atoms with Crippen LogP contribution in [-0.4, -0.2) is 55.3 Å². The van der Waals surface area contributed by atoms with Crippen molar-refractivity contribution in [1.82, 2.24) is 10.2 Å². The maximum atomic E-state index is 11.7. The number of likely N-dealkylation sites (tertiary alicyclic amines) is 1. The SMILES string of the molecule is NS(=O)(=O)CCNC(=O)N1CCCC1CC(=O)O. The number of hydrogen-bond donors (Lipinski definition) is 3. The van der Waals surface area contributed by atoms with Crippen LogP contribution < -0.4 is 10.5 Å². The summed E-state index contributed by atoms with van der Waals surface area (Å²) >= 11 is 0. The highest BCUT2D eigenvalue weighted by atomic mass is 32.2. The molecule has 4 N–H and O–H groups in total. The van der Waals surface area contributed by atoms with Crippen LogP contribution in [-0.2, 0) is 14.8 Å². The molecule has 2 amide bonds. The molecule has 8 nitrogen and oxygen atoms in total. The maximum Gasteiger partial charge on any atom is 0.317 e. The zero-order valence-corrected chi connectivity index (χ0v) is 10.6. The van der Waals surface area contributed by atoms with Gasteiger partial charge in [-0.15, -0.1) is 0 Å². The van der Waals surface area contributed by atoms with E-state index in [1.165, 1.54) is 4.90 Å². The highest BCUT2D eigenvalue weighted by molar-refractivity contribution is 7.89. The van der Waals surface area contributed by atoms with E-state index < -0.39 is 22.0 Å². The summed E-state index contributed by atoms with van der Waals surface area (Å²) in [5, 5.41) is 15.9. The predicted molar refractivity (Wildman–Crippen MR) is 63.4 cm³/mol. The Balaban J connectivity index is 2.43. The summed E-state index contributed by atoms with van der Waals surface area (Å²) in [5.74, 6) is -1.29. The lowest BCUT2D eigenvalue weighted by molar-refractivity contribution is -0.137. The number of rotatable bonds is 5. The second kappa shape index (κ2) is 6.01. The van der Waals surface area contributed by atoms with Crippen LogP contribution in [0.2, 0.25) is 0 Å². The Kier molecular flexibility index (Phi) is 4.91. The molecular weight excluding hydrogens is 262 g/mol. The number of primary sulfonamides is 1. The molecule has 1 atom stereocenters. The molecule has 1 aliphatic rings. The lowest BCUT2D eigenvalue weighted by Gasteiger charge is -2.23. The van der Waals surface area contributed by atoms with Crippen LogP contribution in [0.4, 0.5) is 4.79 Å². The highest BCUT2D eigenvalue weighted by Gasteiger charge is 2.30. The van der Waals surface area contributed by atoms with Crippen molar-refractivity contribution in [3.8, 4) is 0 Å². The summed E-state index contributed by atoms with van der Waals surface area (Å²) in [7, 11) is -3.60. The van der Waals surface area contributed by atoms with Crippen molar-refractivity contribution in [2.75, 3.05) is 18.8 Å². The average molecular weight is 279 g/mol. The van der Waals surface area contributed by atoms with Crippen LogP contribution in [0.3, 0.4) is 0 Å². The lowest BCUT2D eigenvalue weighted by Crippen LogP contribution is -2.45. The Morgan fingerprint density at radius 3 is 2.67 bits per heavy atom. The van der Waals surface area contributed by atoms with Gasteiger partial charge in [-0.05, 0) is 12.8 Å². The minimum atomic E-state index is -3.60. The number of hydrogen-bond acceptors (Lipinski definition) is 4. The summed E-state index contributed by atoms with van der Waals surface area (Å²) in [4.78, 5) is 23.8. The third-order valence-electron chi connectivity index (χ3n) is 2.71. The van der Waals surface area contributed by atoms with Crippen LogP contribution in [0.25, 0.3) is 0 Å². The number of nitrogens with two attached hydrogens (primary N) is 1. The summed E-state index contributed by atoms with van der Waals surface area (Å²) in [6, 6.07) is -0.764. The Bertz CT molecular complexity index is 422. The van der Waals surface area contributed by atoms with E-state index >= 15 is 0 Å². The van der Waals surface area contributed by atoms with Crippen molar-refractivity contribution < 1.29 is 23.1 Å². The first-order chi connectivity index (χ1) is 8.29. The van der Waals surface area contributed by atoms with Crippen molar-refractivity contribution in [3.05, 3.63) is 0 Å². The fourth-order valence-electron chi connectivity index (χ4n) is 1.92. The van der Waals surface area contributed by atoms with Crippen molar-refractivity contribution in [3.63, 3.8) is 0 Å². The second-order valence-electron chi connectivity index (χ2n) is 4.19. The Labute approximate surface area is 105 Å². The van der Waals surface area contributed by atoms with Gasteiger partial charge in [-0.3, -0.25) is 4.79 Å². The molecule has 0 bridgehead atoms. The molecule has 1 fully saturated rings. The van der Waals surface area contributed by atoms with Crippen LogP contribution in [0.1, 0.15) is 19.3 Å². The summed E-state index contributed by atoms with van der Waals surface area (Å²) in [5.41, 5.74) is 0. The Hall–Kier alpha value is -1.35. The molecule has 1 unspecified atom stereocenters. The first-order valence-electron chi connectivity index (χ1n) is 5.56. The number of nitrogens with one attached hydrogen (secondary N) is 1. The molecule has 104 valence electrons. The van der Waals surface area contributed by atoms with Gasteiger partial charge >= 0.3 is 12.0 Å². The normalized spacial score (nSPS) is 19.8. The van der Waals surface area contributed by atoms with Crippen molar-refractivity contribution in [2.45, 2.75) is 25.3 Å². The fraction of sp³-hybridized carbons (Fsp3) is 0.778. The van der Waals surface area contributed by atoms with Gasteiger partial charge in [-0.1, -0.05) is 0 Å². The van der Waals surface area contributed by atoms with Gasteiger partial charge in [0.25, 0.3) is 0 Å². The van der Waals surface area contributed by atoms with Crippen molar-refractivity contribution in [1.29, 1.82) is 0 Å². The summed E-state index contributed by atoms with van der Waals surface area (Å²) < 4.78 is 21.4. The van der Waals surface area contributed by atoms with Crippen LogP contribution in [0.15, 0.2) is 0 Å². The third-order valence-corrected chi connectivity index (χ3v) is 3.48. The summed E-state index contributed by atoms with van der Waals surface area (Å²) in [6.45, 7) is 0.410. The fourth-order valence-corrected chi connectivity index (χ4v) is 2.31. The molecule has 0 spiro atoms. The van der Waals surface area contributed by atoms with E-state index in [4.69, 9.17) is 10.2 Å². The van der Waals surface area contributed by atoms with E-state index in [-0.39, 0.29) is 24.8 Å². The van der Waals surface area contributed by atoms with Gasteiger partial charge in [0.05, 0.1) is 12.2 Å². The minimum absolute atomic E-state index is 0.0754. The predicted octanol–water partition coefficient (Wildman–Crippen LogP) is -1.08. The van der Waals surface area contributed by atoms with Gasteiger partial charge < -0.3 is 15.3 Å². The van der Waals surface area contributed by atoms with E-state index in [2.05, 4.69) is 5.32 Å². The molecular formula is C9H17N3O5S. The van der Waals surface area contributed by atoms with Gasteiger partial charge in [0, 0.05) is 19.1 Å². The number of sulfonamides is 1. The minimum Gasteiger partial charge on any atom is -0.481 e. The average Bonchev–Trinajstić information content (AvgIpc) is 2.62.